The number of halogens is 5. The van der Waals surface area contributed by atoms with Gasteiger partial charge in [0.1, 0.15) is 17.2 Å². The molecule has 0 radical (unpaired) electrons. The number of amides is 1. The molecule has 0 saturated carbocycles. The van der Waals surface area contributed by atoms with Crippen LogP contribution in [0.5, 0.6) is 17.2 Å². The third kappa shape index (κ3) is 4.87. The van der Waals surface area contributed by atoms with Crippen LogP contribution in [0.1, 0.15) is 34.3 Å². The first kappa shape index (κ1) is 27.6. The zero-order valence-electron chi connectivity index (χ0n) is 19.8. The van der Waals surface area contributed by atoms with Crippen LogP contribution in [-0.4, -0.2) is 41.9 Å². The summed E-state index contributed by atoms with van der Waals surface area (Å²) in [6.45, 7) is 0.938. The molecule has 0 saturated heterocycles. The van der Waals surface area contributed by atoms with Crippen LogP contribution in [0.15, 0.2) is 54.6 Å². The molecule has 1 aliphatic rings. The molecular formula is C26H20Cl2F3NO6. The minimum absolute atomic E-state index is 0.0171. The van der Waals surface area contributed by atoms with Crippen molar-refractivity contribution in [2.45, 2.75) is 24.6 Å². The second kappa shape index (κ2) is 10.0. The lowest BCUT2D eigenvalue weighted by atomic mass is 9.77. The molecule has 0 spiro atoms. The molecular weight excluding hydrogens is 550 g/mol. The highest BCUT2D eigenvalue weighted by Gasteiger charge is 2.59. The van der Waals surface area contributed by atoms with Gasteiger partial charge in [0.05, 0.1) is 16.3 Å². The molecule has 1 amide bonds. The summed E-state index contributed by atoms with van der Waals surface area (Å²) < 4.78 is 54.3. The van der Waals surface area contributed by atoms with Crippen LogP contribution in [0.25, 0.3) is 0 Å². The number of carboxylic acid groups (broad SMARTS) is 1. The summed E-state index contributed by atoms with van der Waals surface area (Å²) >= 11 is 12.3. The molecule has 7 nitrogen and oxygen atoms in total. The van der Waals surface area contributed by atoms with E-state index < -0.39 is 35.1 Å². The lowest BCUT2D eigenvalue weighted by molar-refractivity contribution is -0.274. The van der Waals surface area contributed by atoms with E-state index in [0.717, 1.165) is 17.0 Å². The molecule has 200 valence electrons. The predicted octanol–water partition coefficient (Wildman–Crippen LogP) is 6.39. The molecule has 0 aliphatic carbocycles. The van der Waals surface area contributed by atoms with Gasteiger partial charge in [-0.15, -0.1) is 0 Å². The molecule has 3 aromatic rings. The number of ether oxygens (including phenoxy) is 2. The maximum absolute atomic E-state index is 14.5. The fourth-order valence-electron chi connectivity index (χ4n) is 4.18. The highest BCUT2D eigenvalue weighted by atomic mass is 35.5. The summed E-state index contributed by atoms with van der Waals surface area (Å²) in [7, 11) is 1.40. The number of aromatic carboxylic acids is 1. The van der Waals surface area contributed by atoms with E-state index in [2.05, 4.69) is 0 Å². The van der Waals surface area contributed by atoms with E-state index in [-0.39, 0.29) is 50.7 Å². The molecule has 2 N–H and O–H groups in total. The number of benzene rings is 3. The number of carboxylic acids is 1. The fourth-order valence-corrected chi connectivity index (χ4v) is 4.77. The van der Waals surface area contributed by atoms with Gasteiger partial charge in [0.2, 0.25) is 0 Å². The predicted molar refractivity (Wildman–Crippen MR) is 134 cm³/mol. The molecule has 0 bridgehead atoms. The van der Waals surface area contributed by atoms with E-state index in [0.29, 0.717) is 0 Å². The molecule has 0 fully saturated rings. The number of rotatable bonds is 6. The van der Waals surface area contributed by atoms with Crippen molar-refractivity contribution in [3.8, 4) is 17.2 Å². The number of likely N-dealkylation sites (N-methyl/N-ethyl adjacent to an activating group) is 1. The average molecular weight is 570 g/mol. The van der Waals surface area contributed by atoms with Gasteiger partial charge in [-0.3, -0.25) is 4.79 Å². The van der Waals surface area contributed by atoms with Gasteiger partial charge >= 0.3 is 12.1 Å². The second-order valence-corrected chi connectivity index (χ2v) is 9.46. The van der Waals surface area contributed by atoms with Crippen molar-refractivity contribution in [3.63, 3.8) is 0 Å². The quantitative estimate of drug-likeness (QED) is 0.357. The lowest BCUT2D eigenvalue weighted by Crippen LogP contribution is -2.47. The van der Waals surface area contributed by atoms with E-state index in [1.165, 1.54) is 56.4 Å². The van der Waals surface area contributed by atoms with Gasteiger partial charge in [0.25, 0.3) is 5.91 Å². The molecule has 0 aromatic heterocycles. The van der Waals surface area contributed by atoms with Gasteiger partial charge < -0.3 is 24.6 Å². The monoisotopic (exact) mass is 569 g/mol. The van der Waals surface area contributed by atoms with Crippen LogP contribution in [0.4, 0.5) is 18.9 Å². The molecule has 1 aliphatic heterocycles. The van der Waals surface area contributed by atoms with Crippen molar-refractivity contribution < 1.29 is 42.4 Å². The Hall–Kier alpha value is -3.47. The van der Waals surface area contributed by atoms with Crippen LogP contribution in [0.3, 0.4) is 0 Å². The first-order chi connectivity index (χ1) is 17.7. The Morgan fingerprint density at radius 2 is 1.68 bits per heavy atom. The molecule has 2 atom stereocenters. The van der Waals surface area contributed by atoms with Crippen molar-refractivity contribution >= 4 is 40.8 Å². The maximum atomic E-state index is 14.5. The number of fused-ring (bicyclic) bond motifs is 1. The number of anilines is 1. The Morgan fingerprint density at radius 1 is 1.05 bits per heavy atom. The van der Waals surface area contributed by atoms with Crippen LogP contribution < -0.4 is 14.4 Å². The van der Waals surface area contributed by atoms with Gasteiger partial charge in [-0.05, 0) is 47.5 Å². The van der Waals surface area contributed by atoms with Crippen molar-refractivity contribution in [1.29, 1.82) is 0 Å². The third-order valence-electron chi connectivity index (χ3n) is 6.39. The van der Waals surface area contributed by atoms with Gasteiger partial charge in [0.15, 0.2) is 12.2 Å². The topological polar surface area (TPSA) is 96.3 Å². The maximum Gasteiger partial charge on any atom is 0.422 e. The smallest absolute Gasteiger partial charge is 0.422 e. The number of hydrogen-bond donors (Lipinski definition) is 2. The molecule has 2 unspecified atom stereocenters. The fraction of sp³-hybridized carbons (Fsp3) is 0.231. The molecule has 38 heavy (non-hydrogen) atoms. The van der Waals surface area contributed by atoms with E-state index in [4.69, 9.17) is 37.8 Å². The summed E-state index contributed by atoms with van der Waals surface area (Å²) in [5.41, 5.74) is -3.93. The van der Waals surface area contributed by atoms with Gasteiger partial charge in [-0.25, -0.2) is 4.79 Å². The van der Waals surface area contributed by atoms with Gasteiger partial charge in [-0.2, -0.15) is 13.2 Å². The summed E-state index contributed by atoms with van der Waals surface area (Å²) in [5, 5.41) is 20.1. The first-order valence-corrected chi connectivity index (χ1v) is 11.8. The number of nitrogens with zero attached hydrogens (tertiary/aromatic N) is 1. The van der Waals surface area contributed by atoms with Crippen molar-refractivity contribution in [2.75, 3.05) is 18.6 Å². The Morgan fingerprint density at radius 3 is 2.26 bits per heavy atom. The van der Waals surface area contributed by atoms with Crippen molar-refractivity contribution in [1.82, 2.24) is 0 Å². The molecule has 1 heterocycles. The molecule has 12 heteroatoms. The third-order valence-corrected chi connectivity index (χ3v) is 7.03. The Bertz CT molecular complexity index is 1430. The zero-order valence-corrected chi connectivity index (χ0v) is 21.4. The summed E-state index contributed by atoms with van der Waals surface area (Å²) in [6.07, 6.45) is -5.13. The number of alkyl halides is 3. The van der Waals surface area contributed by atoms with E-state index >= 15 is 0 Å². The summed E-state index contributed by atoms with van der Waals surface area (Å²) in [5.74, 6) is -2.72. The average Bonchev–Trinajstić information content (AvgIpc) is 2.84. The second-order valence-electron chi connectivity index (χ2n) is 8.64. The van der Waals surface area contributed by atoms with Crippen LogP contribution in [-0.2, 0) is 10.4 Å². The SMILES string of the molecule is CC(c1ccc(Oc2ccc(C(=O)O)c(Cl)c2)cc1Cl)C(O)(c1ccc2c(c1)N(C)C(=O)CO2)C(F)(F)F. The van der Waals surface area contributed by atoms with E-state index in [9.17, 15) is 27.9 Å². The largest absolute Gasteiger partial charge is 0.482 e. The summed E-state index contributed by atoms with van der Waals surface area (Å²) in [4.78, 5) is 24.3. The normalized spacial score (nSPS) is 15.8. The zero-order chi connectivity index (χ0) is 28.0. The van der Waals surface area contributed by atoms with E-state index in [1.54, 1.807) is 0 Å². The standard InChI is InChI=1S/C26H20Cl2F3NO6/c1-13(17-6-4-15(10-19(17)27)38-16-5-7-18(24(34)35)20(28)11-16)25(36,26(29,30)31)14-3-8-22-21(9-14)32(2)23(33)12-37-22/h3-11,13,36H,12H2,1-2H3,(H,34,35). The minimum atomic E-state index is -5.13. The Kier molecular flexibility index (Phi) is 7.26. The van der Waals surface area contributed by atoms with E-state index in [1.807, 2.05) is 0 Å². The van der Waals surface area contributed by atoms with Crippen molar-refractivity contribution in [2.24, 2.45) is 0 Å². The number of carbonyl (C=O) groups is 2. The lowest BCUT2D eigenvalue weighted by Gasteiger charge is -2.38. The van der Waals surface area contributed by atoms with Crippen LogP contribution in [0, 0.1) is 0 Å². The van der Waals surface area contributed by atoms with Crippen LogP contribution in [0.2, 0.25) is 10.0 Å². The minimum Gasteiger partial charge on any atom is -0.482 e. The van der Waals surface area contributed by atoms with Gasteiger partial charge in [0, 0.05) is 24.1 Å². The first-order valence-electron chi connectivity index (χ1n) is 11.1. The van der Waals surface area contributed by atoms with Gasteiger partial charge in [-0.1, -0.05) is 42.3 Å². The highest BCUT2D eigenvalue weighted by molar-refractivity contribution is 6.33. The molecule has 4 rings (SSSR count). The Labute approximate surface area is 224 Å². The summed E-state index contributed by atoms with van der Waals surface area (Å²) in [6, 6.07) is 11.3. The number of carbonyl (C=O) groups excluding carboxylic acids is 1. The van der Waals surface area contributed by atoms with Crippen LogP contribution >= 0.6 is 23.2 Å². The molecule has 3 aromatic carbocycles. The number of aliphatic hydroxyl groups is 1. The number of hydrogen-bond acceptors (Lipinski definition) is 5. The van der Waals surface area contributed by atoms with Crippen molar-refractivity contribution in [3.05, 3.63) is 81.3 Å². The Balaban J connectivity index is 1.69. The highest BCUT2D eigenvalue weighted by Crippen LogP contribution is 2.51.